The van der Waals surface area contributed by atoms with Crippen molar-refractivity contribution >= 4 is 11.9 Å². The summed E-state index contributed by atoms with van der Waals surface area (Å²) >= 11 is 0. The topological polar surface area (TPSA) is 57.6 Å². The van der Waals surface area contributed by atoms with Crippen molar-refractivity contribution in [1.29, 1.82) is 0 Å². The van der Waals surface area contributed by atoms with Crippen LogP contribution in [0.25, 0.3) is 0 Å². The third-order valence-electron chi connectivity index (χ3n) is 4.98. The molecule has 0 aromatic rings. The van der Waals surface area contributed by atoms with Gasteiger partial charge in [-0.2, -0.15) is 0 Å². The fraction of sp³-hybridized carbons (Fsp3) is 0.867. The van der Waals surface area contributed by atoms with E-state index in [2.05, 4.69) is 13.8 Å². The lowest BCUT2D eigenvalue weighted by molar-refractivity contribution is -0.156. The van der Waals surface area contributed by atoms with Crippen molar-refractivity contribution in [3.8, 4) is 0 Å². The van der Waals surface area contributed by atoms with Crippen LogP contribution in [0.1, 0.15) is 53.4 Å². The highest BCUT2D eigenvalue weighted by atomic mass is 16.4. The number of nitrogens with zero attached hydrogens (tertiary/aromatic N) is 1. The van der Waals surface area contributed by atoms with Crippen LogP contribution in [0.4, 0.5) is 0 Å². The maximum atomic E-state index is 12.3. The van der Waals surface area contributed by atoms with Gasteiger partial charge in [-0.25, -0.2) is 0 Å². The van der Waals surface area contributed by atoms with Gasteiger partial charge in [0, 0.05) is 18.5 Å². The molecular formula is C15H25NO3. The molecule has 1 aliphatic heterocycles. The normalized spacial score (nSPS) is 38.5. The smallest absolute Gasteiger partial charge is 0.308 e. The number of aliphatic carboxylic acids is 1. The summed E-state index contributed by atoms with van der Waals surface area (Å²) in [7, 11) is 0. The zero-order chi connectivity index (χ0) is 14.4. The minimum absolute atomic E-state index is 0.0642. The van der Waals surface area contributed by atoms with Gasteiger partial charge in [0.15, 0.2) is 0 Å². The molecule has 1 N–H and O–H groups in total. The second-order valence-corrected chi connectivity index (χ2v) is 7.15. The molecule has 1 saturated carbocycles. The molecule has 19 heavy (non-hydrogen) atoms. The zero-order valence-electron chi connectivity index (χ0n) is 12.3. The summed E-state index contributed by atoms with van der Waals surface area (Å²) in [6.07, 6.45) is 3.48. The van der Waals surface area contributed by atoms with Crippen molar-refractivity contribution < 1.29 is 14.7 Å². The summed E-state index contributed by atoms with van der Waals surface area (Å²) in [4.78, 5) is 25.6. The highest BCUT2D eigenvalue weighted by Crippen LogP contribution is 2.42. The van der Waals surface area contributed by atoms with E-state index in [1.54, 1.807) is 0 Å². The van der Waals surface area contributed by atoms with E-state index in [1.165, 1.54) is 0 Å². The van der Waals surface area contributed by atoms with Gasteiger partial charge in [0.25, 0.3) is 0 Å². The van der Waals surface area contributed by atoms with Crippen LogP contribution < -0.4 is 0 Å². The van der Waals surface area contributed by atoms with Gasteiger partial charge in [-0.05, 0) is 37.5 Å². The Morgan fingerprint density at radius 3 is 2.47 bits per heavy atom. The summed E-state index contributed by atoms with van der Waals surface area (Å²) in [6, 6.07) is 0.0412. The maximum absolute atomic E-state index is 12.3. The molecule has 4 atom stereocenters. The van der Waals surface area contributed by atoms with E-state index in [4.69, 9.17) is 0 Å². The van der Waals surface area contributed by atoms with Crippen molar-refractivity contribution in [2.75, 3.05) is 0 Å². The Hall–Kier alpha value is -1.06. The van der Waals surface area contributed by atoms with Crippen molar-refractivity contribution in [2.24, 2.45) is 17.3 Å². The molecule has 0 bridgehead atoms. The number of likely N-dealkylation sites (tertiary alicyclic amines) is 1. The summed E-state index contributed by atoms with van der Waals surface area (Å²) in [5, 5.41) is 9.39. The van der Waals surface area contributed by atoms with Crippen LogP contribution in [0.2, 0.25) is 0 Å². The molecule has 0 spiro atoms. The van der Waals surface area contributed by atoms with Crippen molar-refractivity contribution in [1.82, 2.24) is 4.90 Å². The predicted octanol–water partition coefficient (Wildman–Crippen LogP) is 2.52. The minimum atomic E-state index is -0.769. The standard InChI is InChI=1S/C15H25NO3/c1-9-7-12(17)16(10(2)13(9)14(18)19)11-5-6-15(3,4)8-11/h9-11,13H,5-8H2,1-4H3,(H,18,19). The lowest BCUT2D eigenvalue weighted by Crippen LogP contribution is -2.56. The lowest BCUT2D eigenvalue weighted by Gasteiger charge is -2.44. The second kappa shape index (κ2) is 4.80. The van der Waals surface area contributed by atoms with E-state index in [-0.39, 0.29) is 29.3 Å². The number of carbonyl (C=O) groups excluding carboxylic acids is 1. The molecule has 1 heterocycles. The Balaban J connectivity index is 2.19. The minimum Gasteiger partial charge on any atom is -0.481 e. The second-order valence-electron chi connectivity index (χ2n) is 7.15. The molecule has 0 radical (unpaired) electrons. The van der Waals surface area contributed by atoms with Gasteiger partial charge in [-0.1, -0.05) is 20.8 Å². The van der Waals surface area contributed by atoms with Crippen LogP contribution >= 0.6 is 0 Å². The fourth-order valence-electron chi connectivity index (χ4n) is 4.01. The molecule has 2 aliphatic rings. The molecule has 1 amide bonds. The number of hydrogen-bond acceptors (Lipinski definition) is 2. The van der Waals surface area contributed by atoms with Crippen molar-refractivity contribution in [2.45, 2.75) is 65.5 Å². The summed E-state index contributed by atoms with van der Waals surface area (Å²) in [5.41, 5.74) is 0.270. The van der Waals surface area contributed by atoms with Gasteiger partial charge in [-0.15, -0.1) is 0 Å². The molecule has 108 valence electrons. The highest BCUT2D eigenvalue weighted by Gasteiger charge is 2.46. The van der Waals surface area contributed by atoms with E-state index in [0.29, 0.717) is 6.42 Å². The Labute approximate surface area is 115 Å². The van der Waals surface area contributed by atoms with Gasteiger partial charge in [0.2, 0.25) is 5.91 Å². The Morgan fingerprint density at radius 1 is 1.37 bits per heavy atom. The first-order chi connectivity index (χ1) is 8.73. The molecule has 1 saturated heterocycles. The largest absolute Gasteiger partial charge is 0.481 e. The molecule has 4 heteroatoms. The number of carboxylic acids is 1. The molecule has 1 aliphatic carbocycles. The van der Waals surface area contributed by atoms with Gasteiger partial charge in [0.05, 0.1) is 5.92 Å². The van der Waals surface area contributed by atoms with Crippen LogP contribution in [-0.4, -0.2) is 34.0 Å². The highest BCUT2D eigenvalue weighted by molar-refractivity contribution is 5.82. The first kappa shape index (κ1) is 14.4. The van der Waals surface area contributed by atoms with Gasteiger partial charge < -0.3 is 10.0 Å². The quantitative estimate of drug-likeness (QED) is 0.836. The van der Waals surface area contributed by atoms with Gasteiger partial charge in [-0.3, -0.25) is 9.59 Å². The number of piperidine rings is 1. The summed E-state index contributed by atoms with van der Waals surface area (Å²) in [5.74, 6) is -1.12. The van der Waals surface area contributed by atoms with Crippen LogP contribution in [0.3, 0.4) is 0 Å². The molecular weight excluding hydrogens is 242 g/mol. The number of rotatable bonds is 2. The predicted molar refractivity (Wildman–Crippen MR) is 72.6 cm³/mol. The van der Waals surface area contributed by atoms with Crippen LogP contribution in [-0.2, 0) is 9.59 Å². The van der Waals surface area contributed by atoms with Crippen LogP contribution in [0.5, 0.6) is 0 Å². The molecule has 4 nitrogen and oxygen atoms in total. The third kappa shape index (κ3) is 2.63. The van der Waals surface area contributed by atoms with E-state index >= 15 is 0 Å². The lowest BCUT2D eigenvalue weighted by atomic mass is 9.80. The third-order valence-corrected chi connectivity index (χ3v) is 4.98. The van der Waals surface area contributed by atoms with Crippen molar-refractivity contribution in [3.05, 3.63) is 0 Å². The molecule has 0 aromatic heterocycles. The van der Waals surface area contributed by atoms with E-state index < -0.39 is 11.9 Å². The van der Waals surface area contributed by atoms with E-state index in [0.717, 1.165) is 19.3 Å². The SMILES string of the molecule is CC1CC(=O)N(C2CCC(C)(C)C2)C(C)C1C(=O)O. The average molecular weight is 267 g/mol. The molecule has 0 aromatic carbocycles. The Morgan fingerprint density at radius 2 is 2.00 bits per heavy atom. The fourth-order valence-corrected chi connectivity index (χ4v) is 4.01. The Kier molecular flexibility index (Phi) is 3.63. The maximum Gasteiger partial charge on any atom is 0.308 e. The average Bonchev–Trinajstić information content (AvgIpc) is 2.57. The first-order valence-electron chi connectivity index (χ1n) is 7.27. The van der Waals surface area contributed by atoms with Crippen LogP contribution in [0.15, 0.2) is 0 Å². The summed E-state index contributed by atoms with van der Waals surface area (Å²) in [6.45, 7) is 8.23. The molecule has 2 rings (SSSR count). The zero-order valence-corrected chi connectivity index (χ0v) is 12.3. The van der Waals surface area contributed by atoms with Crippen LogP contribution in [0, 0.1) is 17.3 Å². The number of amides is 1. The molecule has 4 unspecified atom stereocenters. The number of hydrogen-bond donors (Lipinski definition) is 1. The monoisotopic (exact) mass is 267 g/mol. The van der Waals surface area contributed by atoms with E-state index in [1.807, 2.05) is 18.7 Å². The summed E-state index contributed by atoms with van der Waals surface area (Å²) < 4.78 is 0. The first-order valence-corrected chi connectivity index (χ1v) is 7.27. The van der Waals surface area contributed by atoms with Gasteiger partial charge in [0.1, 0.15) is 0 Å². The molecule has 2 fully saturated rings. The van der Waals surface area contributed by atoms with Crippen molar-refractivity contribution in [3.63, 3.8) is 0 Å². The number of carbonyl (C=O) groups is 2. The Bertz CT molecular complexity index is 391. The van der Waals surface area contributed by atoms with Gasteiger partial charge >= 0.3 is 5.97 Å². The number of carboxylic acid groups (broad SMARTS) is 1. The van der Waals surface area contributed by atoms with E-state index in [9.17, 15) is 14.7 Å².